The largest absolute Gasteiger partial charge is 0.465 e. The van der Waals surface area contributed by atoms with Crippen LogP contribution < -0.4 is 0 Å². The summed E-state index contributed by atoms with van der Waals surface area (Å²) >= 11 is 3.87. The van der Waals surface area contributed by atoms with Crippen LogP contribution in [-0.4, -0.2) is 0 Å². The van der Waals surface area contributed by atoms with Crippen molar-refractivity contribution in [3.63, 3.8) is 0 Å². The predicted molar refractivity (Wildman–Crippen MR) is 36.7 cm³/mol. The molecule has 42 valence electrons. The summed E-state index contributed by atoms with van der Waals surface area (Å²) in [6.07, 6.45) is 3.41. The molecule has 0 aliphatic carbocycles. The highest BCUT2D eigenvalue weighted by Gasteiger charge is 1.82. The average molecular weight is 126 g/mol. The summed E-state index contributed by atoms with van der Waals surface area (Å²) in [5, 5.41) is 1.64. The van der Waals surface area contributed by atoms with Gasteiger partial charge in [0.15, 0.2) is 0 Å². The molecule has 0 unspecified atom stereocenters. The van der Waals surface area contributed by atoms with Gasteiger partial charge in [0.25, 0.3) is 0 Å². The van der Waals surface area contributed by atoms with Crippen LogP contribution in [0.1, 0.15) is 5.76 Å². The lowest BCUT2D eigenvalue weighted by Gasteiger charge is -1.75. The third kappa shape index (κ3) is 1.17. The van der Waals surface area contributed by atoms with E-state index in [2.05, 4.69) is 12.6 Å². The number of rotatable bonds is 1. The van der Waals surface area contributed by atoms with Gasteiger partial charge in [-0.15, -0.1) is 0 Å². The van der Waals surface area contributed by atoms with E-state index in [0.717, 1.165) is 5.76 Å². The van der Waals surface area contributed by atoms with E-state index in [1.807, 2.05) is 12.1 Å². The van der Waals surface area contributed by atoms with Crippen LogP contribution >= 0.6 is 12.6 Å². The van der Waals surface area contributed by atoms with Crippen LogP contribution in [0.5, 0.6) is 0 Å². The molecule has 1 heterocycles. The Morgan fingerprint density at radius 1 is 1.62 bits per heavy atom. The van der Waals surface area contributed by atoms with Crippen LogP contribution in [0.25, 0.3) is 6.08 Å². The first-order chi connectivity index (χ1) is 3.93. The maximum atomic E-state index is 4.94. The van der Waals surface area contributed by atoms with E-state index in [0.29, 0.717) is 0 Å². The third-order valence-corrected chi connectivity index (χ3v) is 0.931. The van der Waals surface area contributed by atoms with Gasteiger partial charge in [-0.2, -0.15) is 12.6 Å². The summed E-state index contributed by atoms with van der Waals surface area (Å²) in [4.78, 5) is 0. The van der Waals surface area contributed by atoms with Crippen LogP contribution in [0.15, 0.2) is 28.2 Å². The molecule has 1 aromatic rings. The summed E-state index contributed by atoms with van der Waals surface area (Å²) in [6, 6.07) is 3.70. The molecule has 2 heteroatoms. The quantitative estimate of drug-likeness (QED) is 0.569. The number of hydrogen-bond acceptors (Lipinski definition) is 2. The van der Waals surface area contributed by atoms with Crippen LogP contribution in [0.3, 0.4) is 0 Å². The Labute approximate surface area is 53.4 Å². The van der Waals surface area contributed by atoms with Crippen molar-refractivity contribution in [1.82, 2.24) is 0 Å². The topological polar surface area (TPSA) is 13.1 Å². The highest BCUT2D eigenvalue weighted by Crippen LogP contribution is 2.01. The number of hydrogen-bond donors (Lipinski definition) is 1. The normalized spacial score (nSPS) is 10.6. The molecular formula is C6H6OS. The Morgan fingerprint density at radius 2 is 2.50 bits per heavy atom. The molecule has 1 aromatic heterocycles. The molecule has 0 amide bonds. The van der Waals surface area contributed by atoms with Crippen molar-refractivity contribution < 1.29 is 4.42 Å². The zero-order chi connectivity index (χ0) is 5.82. The SMILES string of the molecule is SC=Cc1ccco1. The molecular weight excluding hydrogens is 120 g/mol. The van der Waals surface area contributed by atoms with Gasteiger partial charge < -0.3 is 4.42 Å². The second-order valence-corrected chi connectivity index (χ2v) is 1.63. The van der Waals surface area contributed by atoms with Crippen molar-refractivity contribution in [3.05, 3.63) is 29.6 Å². The van der Waals surface area contributed by atoms with E-state index in [9.17, 15) is 0 Å². The first kappa shape index (κ1) is 5.51. The van der Waals surface area contributed by atoms with Crippen molar-refractivity contribution >= 4 is 18.7 Å². The molecule has 0 N–H and O–H groups in total. The van der Waals surface area contributed by atoms with Gasteiger partial charge in [-0.1, -0.05) is 0 Å². The van der Waals surface area contributed by atoms with Gasteiger partial charge in [0.1, 0.15) is 5.76 Å². The van der Waals surface area contributed by atoms with E-state index < -0.39 is 0 Å². The van der Waals surface area contributed by atoms with Gasteiger partial charge in [-0.25, -0.2) is 0 Å². The van der Waals surface area contributed by atoms with Gasteiger partial charge in [0.2, 0.25) is 0 Å². The third-order valence-electron chi connectivity index (χ3n) is 0.782. The van der Waals surface area contributed by atoms with Gasteiger partial charge >= 0.3 is 0 Å². The Balaban J connectivity index is 2.77. The summed E-state index contributed by atoms with van der Waals surface area (Å²) in [6.45, 7) is 0. The molecule has 0 aliphatic heterocycles. The smallest absolute Gasteiger partial charge is 0.127 e. The fourth-order valence-corrected chi connectivity index (χ4v) is 0.606. The van der Waals surface area contributed by atoms with Crippen LogP contribution in [-0.2, 0) is 0 Å². The molecule has 1 nitrogen and oxygen atoms in total. The minimum Gasteiger partial charge on any atom is -0.465 e. The lowest BCUT2D eigenvalue weighted by molar-refractivity contribution is 0.557. The molecule has 0 aliphatic rings. The van der Waals surface area contributed by atoms with Crippen LogP contribution in [0, 0.1) is 0 Å². The predicted octanol–water partition coefficient (Wildman–Crippen LogP) is 2.18. The summed E-state index contributed by atoms with van der Waals surface area (Å²) in [5.41, 5.74) is 0. The van der Waals surface area contributed by atoms with E-state index >= 15 is 0 Å². The van der Waals surface area contributed by atoms with Gasteiger partial charge in [-0.3, -0.25) is 0 Å². The highest BCUT2D eigenvalue weighted by molar-refractivity contribution is 7.83. The van der Waals surface area contributed by atoms with Gasteiger partial charge in [0.05, 0.1) is 6.26 Å². The van der Waals surface area contributed by atoms with Crippen molar-refractivity contribution in [2.45, 2.75) is 0 Å². The summed E-state index contributed by atoms with van der Waals surface area (Å²) < 4.78 is 4.94. The minimum absolute atomic E-state index is 0.833. The van der Waals surface area contributed by atoms with Gasteiger partial charge in [0, 0.05) is 0 Å². The molecule has 0 fully saturated rings. The number of thiol groups is 1. The molecule has 0 saturated heterocycles. The van der Waals surface area contributed by atoms with E-state index in [1.165, 1.54) is 0 Å². The molecule has 0 radical (unpaired) electrons. The fourth-order valence-electron chi connectivity index (χ4n) is 0.460. The van der Waals surface area contributed by atoms with E-state index in [1.54, 1.807) is 17.7 Å². The Hall–Kier alpha value is -0.630. The Bertz CT molecular complexity index is 165. The minimum atomic E-state index is 0.833. The Kier molecular flexibility index (Phi) is 1.80. The van der Waals surface area contributed by atoms with Gasteiger partial charge in [-0.05, 0) is 23.6 Å². The summed E-state index contributed by atoms with van der Waals surface area (Å²) in [5.74, 6) is 0.833. The summed E-state index contributed by atoms with van der Waals surface area (Å²) in [7, 11) is 0. The first-order valence-electron chi connectivity index (χ1n) is 2.28. The van der Waals surface area contributed by atoms with E-state index in [4.69, 9.17) is 4.42 Å². The Morgan fingerprint density at radius 3 is 3.00 bits per heavy atom. The molecule has 0 bridgehead atoms. The molecule has 1 rings (SSSR count). The van der Waals surface area contributed by atoms with E-state index in [-0.39, 0.29) is 0 Å². The average Bonchev–Trinajstić information content (AvgIpc) is 2.19. The van der Waals surface area contributed by atoms with Crippen LogP contribution in [0.2, 0.25) is 0 Å². The van der Waals surface area contributed by atoms with Crippen LogP contribution in [0.4, 0.5) is 0 Å². The monoisotopic (exact) mass is 126 g/mol. The molecule has 0 spiro atoms. The lowest BCUT2D eigenvalue weighted by atomic mass is 10.5. The standard InChI is InChI=1S/C6H6OS/c8-5-3-6-2-1-4-7-6/h1-5,8H. The first-order valence-corrected chi connectivity index (χ1v) is 2.79. The molecule has 0 saturated carbocycles. The molecule has 0 aromatic carbocycles. The lowest BCUT2D eigenvalue weighted by Crippen LogP contribution is -1.53. The zero-order valence-electron chi connectivity index (χ0n) is 4.24. The van der Waals surface area contributed by atoms with Crippen molar-refractivity contribution in [2.24, 2.45) is 0 Å². The number of furan rings is 1. The molecule has 0 atom stereocenters. The highest BCUT2D eigenvalue weighted by atomic mass is 32.1. The maximum Gasteiger partial charge on any atom is 0.127 e. The fraction of sp³-hybridized carbons (Fsp3) is 0. The van der Waals surface area contributed by atoms with Crippen molar-refractivity contribution in [2.75, 3.05) is 0 Å². The van der Waals surface area contributed by atoms with Crippen molar-refractivity contribution in [3.8, 4) is 0 Å². The second kappa shape index (κ2) is 2.62. The molecule has 8 heavy (non-hydrogen) atoms. The maximum absolute atomic E-state index is 4.94. The van der Waals surface area contributed by atoms with Crippen molar-refractivity contribution in [1.29, 1.82) is 0 Å². The zero-order valence-corrected chi connectivity index (χ0v) is 5.14. The second-order valence-electron chi connectivity index (χ2n) is 1.33.